The van der Waals surface area contributed by atoms with Crippen LogP contribution in [0.3, 0.4) is 0 Å². The van der Waals surface area contributed by atoms with Gasteiger partial charge in [-0.3, -0.25) is 0 Å². The van der Waals surface area contributed by atoms with E-state index in [9.17, 15) is 9.90 Å². The van der Waals surface area contributed by atoms with Gasteiger partial charge in [-0.05, 0) is 31.0 Å². The molecule has 0 unspecified atom stereocenters. The topological polar surface area (TPSA) is 46.5 Å². The van der Waals surface area contributed by atoms with Gasteiger partial charge in [0.05, 0.1) is 0 Å². The zero-order valence-corrected chi connectivity index (χ0v) is 8.20. The van der Waals surface area contributed by atoms with Crippen LogP contribution >= 0.6 is 0 Å². The van der Waals surface area contributed by atoms with E-state index in [0.29, 0.717) is 12.0 Å². The Morgan fingerprint density at radius 2 is 2.21 bits per heavy atom. The number of esters is 1. The smallest absolute Gasteiger partial charge is 0.342 e. The van der Waals surface area contributed by atoms with Gasteiger partial charge in [0.15, 0.2) is 0 Å². The molecular formula is C11H12O3. The Morgan fingerprint density at radius 3 is 2.93 bits per heavy atom. The Kier molecular flexibility index (Phi) is 1.95. The fourth-order valence-electron chi connectivity index (χ4n) is 1.80. The van der Waals surface area contributed by atoms with Crippen molar-refractivity contribution >= 4 is 5.97 Å². The van der Waals surface area contributed by atoms with Gasteiger partial charge in [0, 0.05) is 6.42 Å². The van der Waals surface area contributed by atoms with E-state index in [4.69, 9.17) is 4.74 Å². The van der Waals surface area contributed by atoms with Gasteiger partial charge in [-0.15, -0.1) is 0 Å². The van der Waals surface area contributed by atoms with E-state index < -0.39 is 5.97 Å². The second-order valence-corrected chi connectivity index (χ2v) is 3.68. The number of ether oxygens (including phenoxy) is 1. The lowest BCUT2D eigenvalue weighted by Gasteiger charge is -2.23. The number of hydrogen-bond acceptors (Lipinski definition) is 3. The molecule has 1 aliphatic heterocycles. The van der Waals surface area contributed by atoms with Gasteiger partial charge in [-0.1, -0.05) is 6.07 Å². The monoisotopic (exact) mass is 192 g/mol. The maximum Gasteiger partial charge on any atom is 0.342 e. The number of carbonyl (C=O) groups is 1. The Labute approximate surface area is 82.3 Å². The van der Waals surface area contributed by atoms with Crippen LogP contribution in [0.5, 0.6) is 5.75 Å². The number of rotatable bonds is 0. The Bertz CT molecular complexity index is 396. The molecule has 0 radical (unpaired) electrons. The number of hydrogen-bond donors (Lipinski definition) is 1. The van der Waals surface area contributed by atoms with Crippen LogP contribution in [-0.2, 0) is 11.2 Å². The van der Waals surface area contributed by atoms with Crippen molar-refractivity contribution < 1.29 is 14.6 Å². The predicted octanol–water partition coefficient (Wildman–Crippen LogP) is 1.80. The number of aromatic hydroxyl groups is 1. The van der Waals surface area contributed by atoms with Gasteiger partial charge >= 0.3 is 5.97 Å². The molecule has 0 fully saturated rings. The lowest BCUT2D eigenvalue weighted by Crippen LogP contribution is -2.25. The van der Waals surface area contributed by atoms with Gasteiger partial charge in [-0.25, -0.2) is 4.79 Å². The van der Waals surface area contributed by atoms with Crippen molar-refractivity contribution in [2.75, 3.05) is 0 Å². The van der Waals surface area contributed by atoms with E-state index in [0.717, 1.165) is 11.1 Å². The maximum atomic E-state index is 11.5. The van der Waals surface area contributed by atoms with Crippen molar-refractivity contribution in [1.82, 2.24) is 0 Å². The summed E-state index contributed by atoms with van der Waals surface area (Å²) in [6.07, 6.45) is 0.580. The summed E-state index contributed by atoms with van der Waals surface area (Å²) in [5, 5.41) is 9.54. The molecule has 2 rings (SSSR count). The summed E-state index contributed by atoms with van der Waals surface area (Å²) in [7, 11) is 0. The average Bonchev–Trinajstić information content (AvgIpc) is 2.10. The third-order valence-corrected chi connectivity index (χ3v) is 2.53. The van der Waals surface area contributed by atoms with Crippen LogP contribution < -0.4 is 0 Å². The standard InChI is InChI=1S/C11H12O3/c1-6-3-4-9(12)10-8(6)5-7(2)14-11(10)13/h3-4,7,12H,5H2,1-2H3/t7-/m0/s1. The fraction of sp³-hybridized carbons (Fsp3) is 0.364. The summed E-state index contributed by atoms with van der Waals surface area (Å²) in [6, 6.07) is 3.35. The molecular weight excluding hydrogens is 180 g/mol. The van der Waals surface area contributed by atoms with Crippen LogP contribution in [0.25, 0.3) is 0 Å². The highest BCUT2D eigenvalue weighted by molar-refractivity contribution is 5.95. The van der Waals surface area contributed by atoms with Gasteiger partial charge in [0.2, 0.25) is 0 Å². The highest BCUT2D eigenvalue weighted by atomic mass is 16.5. The molecule has 1 N–H and O–H groups in total. The Hall–Kier alpha value is -1.51. The summed E-state index contributed by atoms with van der Waals surface area (Å²) in [5.41, 5.74) is 2.28. The summed E-state index contributed by atoms with van der Waals surface area (Å²) < 4.78 is 5.05. The molecule has 0 saturated heterocycles. The first kappa shape index (κ1) is 9.06. The van der Waals surface area contributed by atoms with Gasteiger partial charge < -0.3 is 9.84 Å². The van der Waals surface area contributed by atoms with Crippen LogP contribution in [0.4, 0.5) is 0 Å². The van der Waals surface area contributed by atoms with E-state index in [1.54, 1.807) is 0 Å². The van der Waals surface area contributed by atoms with Gasteiger partial charge in [0.25, 0.3) is 0 Å². The van der Waals surface area contributed by atoms with Crippen molar-refractivity contribution in [2.24, 2.45) is 0 Å². The molecule has 3 nitrogen and oxygen atoms in total. The zero-order valence-electron chi connectivity index (χ0n) is 8.20. The summed E-state index contributed by atoms with van der Waals surface area (Å²) in [4.78, 5) is 11.5. The first-order chi connectivity index (χ1) is 6.59. The quantitative estimate of drug-likeness (QED) is 0.637. The highest BCUT2D eigenvalue weighted by Crippen LogP contribution is 2.30. The zero-order chi connectivity index (χ0) is 10.3. The van der Waals surface area contributed by atoms with Crippen LogP contribution in [-0.4, -0.2) is 17.2 Å². The fourth-order valence-corrected chi connectivity index (χ4v) is 1.80. The molecule has 3 heteroatoms. The third-order valence-electron chi connectivity index (χ3n) is 2.53. The van der Waals surface area contributed by atoms with Crippen molar-refractivity contribution in [3.05, 3.63) is 28.8 Å². The minimum atomic E-state index is -0.417. The molecule has 74 valence electrons. The second kappa shape index (κ2) is 3.01. The normalized spacial score (nSPS) is 20.1. The largest absolute Gasteiger partial charge is 0.507 e. The minimum Gasteiger partial charge on any atom is -0.507 e. The second-order valence-electron chi connectivity index (χ2n) is 3.68. The summed E-state index contributed by atoms with van der Waals surface area (Å²) in [5.74, 6) is -0.401. The molecule has 1 aromatic carbocycles. The van der Waals surface area contributed by atoms with Crippen molar-refractivity contribution in [3.8, 4) is 5.75 Å². The molecule has 0 aromatic heterocycles. The van der Waals surface area contributed by atoms with Crippen LogP contribution in [0, 0.1) is 6.92 Å². The Morgan fingerprint density at radius 1 is 1.50 bits per heavy atom. The maximum absolute atomic E-state index is 11.5. The minimum absolute atomic E-state index is 0.0162. The summed E-state index contributed by atoms with van der Waals surface area (Å²) >= 11 is 0. The average molecular weight is 192 g/mol. The molecule has 0 amide bonds. The highest BCUT2D eigenvalue weighted by Gasteiger charge is 2.27. The molecule has 0 saturated carbocycles. The molecule has 1 aromatic rings. The SMILES string of the molecule is Cc1ccc(O)c2c1C[C@H](C)OC2=O. The summed E-state index contributed by atoms with van der Waals surface area (Å²) in [6.45, 7) is 3.79. The van der Waals surface area contributed by atoms with Crippen LogP contribution in [0.2, 0.25) is 0 Å². The van der Waals surface area contributed by atoms with Crippen LogP contribution in [0.1, 0.15) is 28.4 Å². The van der Waals surface area contributed by atoms with E-state index in [1.807, 2.05) is 19.9 Å². The third kappa shape index (κ3) is 1.25. The van der Waals surface area contributed by atoms with E-state index >= 15 is 0 Å². The van der Waals surface area contributed by atoms with E-state index in [1.165, 1.54) is 6.07 Å². The molecule has 1 aliphatic rings. The molecule has 0 aliphatic carbocycles. The number of carbonyl (C=O) groups excluding carboxylic acids is 1. The first-order valence-corrected chi connectivity index (χ1v) is 4.62. The van der Waals surface area contributed by atoms with Crippen molar-refractivity contribution in [2.45, 2.75) is 26.4 Å². The molecule has 0 bridgehead atoms. The molecule has 1 heterocycles. The van der Waals surface area contributed by atoms with Gasteiger partial charge in [-0.2, -0.15) is 0 Å². The number of cyclic esters (lactones) is 1. The number of benzene rings is 1. The number of phenolic OH excluding ortho intramolecular Hbond substituents is 1. The number of aryl methyl sites for hydroxylation is 1. The predicted molar refractivity (Wildman–Crippen MR) is 51.4 cm³/mol. The molecule has 1 atom stereocenters. The van der Waals surface area contributed by atoms with Crippen LogP contribution in [0.15, 0.2) is 12.1 Å². The lowest BCUT2D eigenvalue weighted by molar-refractivity contribution is 0.0296. The number of fused-ring (bicyclic) bond motifs is 1. The number of phenols is 1. The van der Waals surface area contributed by atoms with Gasteiger partial charge in [0.1, 0.15) is 17.4 Å². The molecule has 14 heavy (non-hydrogen) atoms. The Balaban J connectivity index is 2.63. The first-order valence-electron chi connectivity index (χ1n) is 4.62. The van der Waals surface area contributed by atoms with Crippen molar-refractivity contribution in [3.63, 3.8) is 0 Å². The van der Waals surface area contributed by atoms with Crippen molar-refractivity contribution in [1.29, 1.82) is 0 Å². The lowest BCUT2D eigenvalue weighted by atomic mass is 9.94. The molecule has 0 spiro atoms. The van der Waals surface area contributed by atoms with E-state index in [-0.39, 0.29) is 11.9 Å². The van der Waals surface area contributed by atoms with E-state index in [2.05, 4.69) is 0 Å².